The van der Waals surface area contributed by atoms with Crippen molar-refractivity contribution in [1.29, 1.82) is 0 Å². The highest BCUT2D eigenvalue weighted by Gasteiger charge is 2.52. The van der Waals surface area contributed by atoms with Crippen molar-refractivity contribution in [3.63, 3.8) is 0 Å². The lowest BCUT2D eigenvalue weighted by Gasteiger charge is -2.32. The van der Waals surface area contributed by atoms with Gasteiger partial charge in [0.2, 0.25) is 0 Å². The topological polar surface area (TPSA) is 141 Å². The van der Waals surface area contributed by atoms with E-state index in [0.717, 1.165) is 12.0 Å². The van der Waals surface area contributed by atoms with E-state index < -0.39 is 42.0 Å². The highest BCUT2D eigenvalue weighted by Crippen LogP contribution is 2.39. The zero-order valence-corrected chi connectivity index (χ0v) is 27.1. The molecule has 2 N–H and O–H groups in total. The van der Waals surface area contributed by atoms with Gasteiger partial charge in [0.1, 0.15) is 30.0 Å². The van der Waals surface area contributed by atoms with Crippen LogP contribution in [0.4, 0.5) is 0 Å². The first-order valence-corrected chi connectivity index (χ1v) is 15.3. The third-order valence-electron chi connectivity index (χ3n) is 8.36. The van der Waals surface area contributed by atoms with E-state index in [4.69, 9.17) is 23.7 Å². The minimum Gasteiger partial charge on any atom is -0.459 e. The van der Waals surface area contributed by atoms with Crippen molar-refractivity contribution in [3.05, 3.63) is 36.0 Å². The summed E-state index contributed by atoms with van der Waals surface area (Å²) in [6, 6.07) is 0. The average molecular weight is 609 g/mol. The Bertz CT molecular complexity index is 1030. The van der Waals surface area contributed by atoms with Crippen molar-refractivity contribution in [2.75, 3.05) is 7.11 Å². The summed E-state index contributed by atoms with van der Waals surface area (Å²) in [5.41, 5.74) is -0.701. The van der Waals surface area contributed by atoms with Crippen LogP contribution in [0.15, 0.2) is 36.0 Å². The summed E-state index contributed by atoms with van der Waals surface area (Å²) in [6.07, 6.45) is 6.45. The van der Waals surface area contributed by atoms with E-state index in [1.54, 1.807) is 26.2 Å². The highest BCUT2D eigenvalue weighted by molar-refractivity contribution is 5.70. The molecule has 1 fully saturated rings. The zero-order valence-electron chi connectivity index (χ0n) is 27.1. The molecule has 0 saturated carbocycles. The van der Waals surface area contributed by atoms with Crippen LogP contribution in [0.3, 0.4) is 0 Å². The van der Waals surface area contributed by atoms with Gasteiger partial charge in [-0.25, -0.2) is 0 Å². The van der Waals surface area contributed by atoms with E-state index in [1.807, 2.05) is 39.0 Å². The summed E-state index contributed by atoms with van der Waals surface area (Å²) in [5, 5.41) is 21.4. The summed E-state index contributed by atoms with van der Waals surface area (Å²) in [6.45, 7) is 14.0. The van der Waals surface area contributed by atoms with Gasteiger partial charge in [0, 0.05) is 38.7 Å². The molecule has 0 aromatic heterocycles. The van der Waals surface area contributed by atoms with Gasteiger partial charge in [0.25, 0.3) is 0 Å². The van der Waals surface area contributed by atoms with Crippen LogP contribution in [0.25, 0.3) is 0 Å². The third-order valence-corrected chi connectivity index (χ3v) is 8.36. The molecule has 43 heavy (non-hydrogen) atoms. The van der Waals surface area contributed by atoms with Crippen LogP contribution >= 0.6 is 0 Å². The fourth-order valence-electron chi connectivity index (χ4n) is 5.67. The van der Waals surface area contributed by atoms with Gasteiger partial charge in [0.15, 0.2) is 0 Å². The van der Waals surface area contributed by atoms with E-state index in [9.17, 15) is 24.6 Å². The number of methoxy groups -OCH3 is 1. The lowest BCUT2D eigenvalue weighted by atomic mass is 9.88. The Labute approximate surface area is 256 Å². The van der Waals surface area contributed by atoms with Crippen molar-refractivity contribution in [3.8, 4) is 0 Å². The SMILES string of the molecule is CCC(OC)C(C)C1OC1C(OC(C)=O)C(C)/C=C/C=C(\C)C1OC(=O)CC(O)CCC(C)(O)C(OC(C)=O)/C=C/C1C. The number of ether oxygens (including phenoxy) is 5. The van der Waals surface area contributed by atoms with Gasteiger partial charge < -0.3 is 33.9 Å². The second-order valence-electron chi connectivity index (χ2n) is 12.3. The molecule has 2 aliphatic rings. The van der Waals surface area contributed by atoms with Gasteiger partial charge in [-0.1, -0.05) is 52.0 Å². The molecule has 0 aromatic carbocycles. The van der Waals surface area contributed by atoms with Crippen LogP contribution in [0.2, 0.25) is 0 Å². The number of carbonyl (C=O) groups is 3. The molecule has 2 aliphatic heterocycles. The van der Waals surface area contributed by atoms with Crippen molar-refractivity contribution < 1.29 is 48.3 Å². The third kappa shape index (κ3) is 11.2. The largest absolute Gasteiger partial charge is 0.459 e. The fraction of sp³-hybridized carbons (Fsp3) is 0.727. The summed E-state index contributed by atoms with van der Waals surface area (Å²) in [5.74, 6) is -1.85. The molecule has 1 saturated heterocycles. The second kappa shape index (κ2) is 16.5. The van der Waals surface area contributed by atoms with Crippen molar-refractivity contribution in [1.82, 2.24) is 0 Å². The summed E-state index contributed by atoms with van der Waals surface area (Å²) < 4.78 is 28.4. The number of cyclic esters (lactones) is 1. The van der Waals surface area contributed by atoms with Crippen LogP contribution in [-0.4, -0.2) is 83.6 Å². The molecule has 0 radical (unpaired) electrons. The standard InChI is InChI=1S/C33H52O10/c1-10-26(39-9)22(5)31-32(43-31)30(41-24(7)35)20(3)13-11-12-19(2)29-21(4)14-15-27(40-23(6)34)33(8,38)17-16-25(36)18-28(37)42-29/h11-15,20-22,25-27,29-32,36,38H,10,16-18H2,1-9H3/b13-11+,15-14+,19-12+. The fourth-order valence-corrected chi connectivity index (χ4v) is 5.67. The van der Waals surface area contributed by atoms with Gasteiger partial charge in [-0.05, 0) is 44.8 Å². The van der Waals surface area contributed by atoms with Gasteiger partial charge in [-0.15, -0.1) is 0 Å². The van der Waals surface area contributed by atoms with Gasteiger partial charge >= 0.3 is 17.9 Å². The van der Waals surface area contributed by atoms with Crippen LogP contribution in [-0.2, 0) is 38.1 Å². The quantitative estimate of drug-likeness (QED) is 0.115. The molecule has 0 amide bonds. The lowest BCUT2D eigenvalue weighted by Crippen LogP contribution is -2.42. The molecule has 10 nitrogen and oxygen atoms in total. The van der Waals surface area contributed by atoms with E-state index in [1.165, 1.54) is 13.8 Å². The minimum atomic E-state index is -1.44. The first kappa shape index (κ1) is 36.7. The number of aliphatic hydroxyl groups excluding tert-OH is 1. The Balaban J connectivity index is 2.26. The number of epoxide rings is 1. The Morgan fingerprint density at radius 3 is 2.42 bits per heavy atom. The molecule has 11 atom stereocenters. The summed E-state index contributed by atoms with van der Waals surface area (Å²) in [7, 11) is 1.69. The molecule has 0 bridgehead atoms. The van der Waals surface area contributed by atoms with E-state index >= 15 is 0 Å². The summed E-state index contributed by atoms with van der Waals surface area (Å²) >= 11 is 0. The number of allylic oxidation sites excluding steroid dienone is 2. The van der Waals surface area contributed by atoms with Crippen LogP contribution in [0.5, 0.6) is 0 Å². The number of carbonyl (C=O) groups excluding carboxylic acids is 3. The minimum absolute atomic E-state index is 0.0469. The van der Waals surface area contributed by atoms with E-state index in [2.05, 4.69) is 13.8 Å². The molecule has 244 valence electrons. The molecule has 11 unspecified atom stereocenters. The van der Waals surface area contributed by atoms with E-state index in [0.29, 0.717) is 0 Å². The normalized spacial score (nSPS) is 34.1. The monoisotopic (exact) mass is 608 g/mol. The predicted octanol–water partition coefficient (Wildman–Crippen LogP) is 4.22. The van der Waals surface area contributed by atoms with Crippen LogP contribution in [0, 0.1) is 17.8 Å². The molecule has 0 aliphatic carbocycles. The number of hydrogen-bond donors (Lipinski definition) is 2. The molecule has 0 spiro atoms. The molecular formula is C33H52O10. The van der Waals surface area contributed by atoms with Crippen molar-refractivity contribution in [2.45, 2.75) is 129 Å². The number of rotatable bonds is 11. The van der Waals surface area contributed by atoms with Gasteiger partial charge in [-0.2, -0.15) is 0 Å². The van der Waals surface area contributed by atoms with Gasteiger partial charge in [-0.3, -0.25) is 14.4 Å². The van der Waals surface area contributed by atoms with Crippen molar-refractivity contribution in [2.24, 2.45) is 17.8 Å². The maximum atomic E-state index is 12.7. The number of aliphatic hydroxyl groups is 2. The molecule has 2 rings (SSSR count). The van der Waals surface area contributed by atoms with Crippen LogP contribution in [0.1, 0.15) is 81.1 Å². The first-order chi connectivity index (χ1) is 20.1. The Morgan fingerprint density at radius 2 is 1.84 bits per heavy atom. The predicted molar refractivity (Wildman–Crippen MR) is 161 cm³/mol. The number of hydrogen-bond acceptors (Lipinski definition) is 10. The molecule has 10 heteroatoms. The van der Waals surface area contributed by atoms with E-state index in [-0.39, 0.29) is 61.3 Å². The maximum absolute atomic E-state index is 12.7. The molecule has 2 heterocycles. The highest BCUT2D eigenvalue weighted by atomic mass is 16.6. The lowest BCUT2D eigenvalue weighted by molar-refractivity contribution is -0.157. The van der Waals surface area contributed by atoms with Gasteiger partial charge in [0.05, 0.1) is 24.7 Å². The Kier molecular flexibility index (Phi) is 14.1. The first-order valence-electron chi connectivity index (χ1n) is 15.3. The van der Waals surface area contributed by atoms with Crippen LogP contribution < -0.4 is 0 Å². The molecular weight excluding hydrogens is 556 g/mol. The Morgan fingerprint density at radius 1 is 1.16 bits per heavy atom. The van der Waals surface area contributed by atoms with Crippen molar-refractivity contribution >= 4 is 17.9 Å². The average Bonchev–Trinajstić information content (AvgIpc) is 3.71. The summed E-state index contributed by atoms with van der Waals surface area (Å²) in [4.78, 5) is 36.4. The zero-order chi connectivity index (χ0) is 32.5. The number of esters is 3. The maximum Gasteiger partial charge on any atom is 0.309 e. The Hall–Kier alpha value is -2.53. The smallest absolute Gasteiger partial charge is 0.309 e. The molecule has 0 aromatic rings. The second-order valence-corrected chi connectivity index (χ2v) is 12.3.